The van der Waals surface area contributed by atoms with E-state index < -0.39 is 0 Å². The van der Waals surface area contributed by atoms with Crippen LogP contribution in [0.15, 0.2) is 0 Å². The lowest BCUT2D eigenvalue weighted by molar-refractivity contribution is 0.281. The van der Waals surface area contributed by atoms with Crippen molar-refractivity contribution in [1.82, 2.24) is 4.90 Å². The summed E-state index contributed by atoms with van der Waals surface area (Å²) in [4.78, 5) is 2.17. The molecular formula is C7H13NS2. The molecule has 0 radical (unpaired) electrons. The monoisotopic (exact) mass is 175 g/mol. The molecule has 0 N–H and O–H groups in total. The molecule has 0 bridgehead atoms. The minimum atomic E-state index is 0.756. The highest BCUT2D eigenvalue weighted by Gasteiger charge is 2.15. The molecule has 0 aromatic heterocycles. The van der Waals surface area contributed by atoms with E-state index in [4.69, 9.17) is 12.2 Å². The van der Waals surface area contributed by atoms with Crippen LogP contribution >= 0.6 is 24.8 Å². The number of hydrogen-bond acceptors (Lipinski definition) is 1. The van der Waals surface area contributed by atoms with Gasteiger partial charge in [0, 0.05) is 13.1 Å². The molecule has 0 aromatic carbocycles. The number of thiol groups is 1. The summed E-state index contributed by atoms with van der Waals surface area (Å²) in [5.41, 5.74) is 0. The first kappa shape index (κ1) is 8.34. The van der Waals surface area contributed by atoms with E-state index in [9.17, 15) is 0 Å². The SMILES string of the molecule is C[C@@H]1CCCN(C(=S)S)C1. The number of piperidine rings is 1. The van der Waals surface area contributed by atoms with E-state index in [1.54, 1.807) is 0 Å². The van der Waals surface area contributed by atoms with E-state index in [1.165, 1.54) is 12.8 Å². The number of rotatable bonds is 0. The van der Waals surface area contributed by atoms with Crippen LogP contribution in [0.25, 0.3) is 0 Å². The molecule has 1 aliphatic heterocycles. The van der Waals surface area contributed by atoms with Crippen molar-refractivity contribution in [2.24, 2.45) is 5.92 Å². The summed E-state index contributed by atoms with van der Waals surface area (Å²) >= 11 is 9.10. The summed E-state index contributed by atoms with van der Waals surface area (Å²) in [5, 5.41) is 0. The van der Waals surface area contributed by atoms with Gasteiger partial charge in [-0.1, -0.05) is 19.1 Å². The Balaban J connectivity index is 2.39. The fraction of sp³-hybridized carbons (Fsp3) is 0.857. The Bertz CT molecular complexity index is 136. The van der Waals surface area contributed by atoms with Gasteiger partial charge >= 0.3 is 0 Å². The highest BCUT2D eigenvalue weighted by molar-refractivity contribution is 8.10. The second-order valence-corrected chi connectivity index (χ2v) is 4.09. The Labute approximate surface area is 73.2 Å². The molecule has 0 aromatic rings. The lowest BCUT2D eigenvalue weighted by Crippen LogP contribution is -2.35. The average Bonchev–Trinajstić information content (AvgIpc) is 1.88. The number of hydrogen-bond donors (Lipinski definition) is 1. The van der Waals surface area contributed by atoms with Crippen molar-refractivity contribution in [3.8, 4) is 0 Å². The van der Waals surface area contributed by atoms with Gasteiger partial charge in [-0.25, -0.2) is 0 Å². The first-order valence-corrected chi connectivity index (χ1v) is 4.53. The van der Waals surface area contributed by atoms with Gasteiger partial charge in [-0.3, -0.25) is 0 Å². The molecular weight excluding hydrogens is 162 g/mol. The van der Waals surface area contributed by atoms with Gasteiger partial charge in [0.2, 0.25) is 0 Å². The summed E-state index contributed by atoms with van der Waals surface area (Å²) < 4.78 is 0.756. The Hall–Kier alpha value is 0.240. The fourth-order valence-electron chi connectivity index (χ4n) is 1.36. The second kappa shape index (κ2) is 3.58. The quantitative estimate of drug-likeness (QED) is 0.443. The van der Waals surface area contributed by atoms with Gasteiger partial charge in [-0.15, -0.1) is 12.6 Å². The molecule has 0 amide bonds. The highest BCUT2D eigenvalue weighted by atomic mass is 32.1. The fourth-order valence-corrected chi connectivity index (χ4v) is 1.71. The molecule has 0 unspecified atom stereocenters. The Kier molecular flexibility index (Phi) is 2.98. The summed E-state index contributed by atoms with van der Waals surface area (Å²) in [6.45, 7) is 4.47. The van der Waals surface area contributed by atoms with Crippen molar-refractivity contribution < 1.29 is 0 Å². The summed E-state index contributed by atoms with van der Waals surface area (Å²) in [6, 6.07) is 0. The van der Waals surface area contributed by atoms with Crippen LogP contribution in [0.4, 0.5) is 0 Å². The maximum atomic E-state index is 4.96. The molecule has 1 rings (SSSR count). The van der Waals surface area contributed by atoms with E-state index in [-0.39, 0.29) is 0 Å². The van der Waals surface area contributed by atoms with Crippen LogP contribution < -0.4 is 0 Å². The molecule has 3 heteroatoms. The molecule has 1 fully saturated rings. The van der Waals surface area contributed by atoms with Gasteiger partial charge < -0.3 is 4.90 Å². The maximum absolute atomic E-state index is 4.96. The van der Waals surface area contributed by atoms with Crippen LogP contribution in [0.5, 0.6) is 0 Å². The maximum Gasteiger partial charge on any atom is 0.133 e. The summed E-state index contributed by atoms with van der Waals surface area (Å²) in [5.74, 6) is 0.791. The molecule has 1 nitrogen and oxygen atoms in total. The number of nitrogens with zero attached hydrogens (tertiary/aromatic N) is 1. The molecule has 1 aliphatic rings. The van der Waals surface area contributed by atoms with Crippen LogP contribution in [0, 0.1) is 5.92 Å². The smallest absolute Gasteiger partial charge is 0.133 e. The lowest BCUT2D eigenvalue weighted by Gasteiger charge is -2.31. The molecule has 10 heavy (non-hydrogen) atoms. The zero-order valence-electron chi connectivity index (χ0n) is 6.21. The third kappa shape index (κ3) is 2.13. The first-order chi connectivity index (χ1) is 4.70. The molecule has 58 valence electrons. The van der Waals surface area contributed by atoms with Crippen molar-refractivity contribution in [3.63, 3.8) is 0 Å². The van der Waals surface area contributed by atoms with Crippen LogP contribution in [0.2, 0.25) is 0 Å². The lowest BCUT2D eigenvalue weighted by atomic mass is 10.0. The Morgan fingerprint density at radius 3 is 2.80 bits per heavy atom. The minimum absolute atomic E-state index is 0.756. The Morgan fingerprint density at radius 2 is 2.40 bits per heavy atom. The van der Waals surface area contributed by atoms with Crippen LogP contribution in [0.3, 0.4) is 0 Å². The van der Waals surface area contributed by atoms with Gasteiger partial charge in [-0.2, -0.15) is 0 Å². The van der Waals surface area contributed by atoms with Gasteiger partial charge in [0.15, 0.2) is 0 Å². The van der Waals surface area contributed by atoms with E-state index in [0.717, 1.165) is 23.3 Å². The predicted octanol–water partition coefficient (Wildman–Crippen LogP) is 1.93. The second-order valence-electron chi connectivity index (χ2n) is 2.98. The van der Waals surface area contributed by atoms with Crippen molar-refractivity contribution in [2.75, 3.05) is 13.1 Å². The number of thiocarbonyl (C=S) groups is 1. The zero-order valence-corrected chi connectivity index (χ0v) is 7.92. The molecule has 1 atom stereocenters. The molecule has 0 saturated carbocycles. The van der Waals surface area contributed by atoms with Gasteiger partial charge in [0.1, 0.15) is 4.32 Å². The highest BCUT2D eigenvalue weighted by Crippen LogP contribution is 2.16. The van der Waals surface area contributed by atoms with E-state index in [1.807, 2.05) is 0 Å². The van der Waals surface area contributed by atoms with Gasteiger partial charge in [0.05, 0.1) is 0 Å². The number of likely N-dealkylation sites (tertiary alicyclic amines) is 1. The van der Waals surface area contributed by atoms with E-state index in [2.05, 4.69) is 24.5 Å². The average molecular weight is 175 g/mol. The summed E-state index contributed by atoms with van der Waals surface area (Å²) in [7, 11) is 0. The molecule has 0 spiro atoms. The minimum Gasteiger partial charge on any atom is -0.357 e. The van der Waals surface area contributed by atoms with Crippen LogP contribution in [0.1, 0.15) is 19.8 Å². The van der Waals surface area contributed by atoms with E-state index in [0.29, 0.717) is 0 Å². The summed E-state index contributed by atoms with van der Waals surface area (Å²) in [6.07, 6.45) is 2.61. The standard InChI is InChI=1S/C7H13NS2/c1-6-3-2-4-8(5-6)7(9)10/h6H,2-5H2,1H3,(H,9,10)/t6-/m1/s1. The van der Waals surface area contributed by atoms with E-state index >= 15 is 0 Å². The molecule has 1 saturated heterocycles. The van der Waals surface area contributed by atoms with Gasteiger partial charge in [0.25, 0.3) is 0 Å². The third-order valence-electron chi connectivity index (χ3n) is 1.93. The van der Waals surface area contributed by atoms with Crippen LogP contribution in [-0.2, 0) is 0 Å². The molecule has 1 heterocycles. The molecule has 0 aliphatic carbocycles. The van der Waals surface area contributed by atoms with Crippen molar-refractivity contribution in [3.05, 3.63) is 0 Å². The Morgan fingerprint density at radius 1 is 1.70 bits per heavy atom. The topological polar surface area (TPSA) is 3.24 Å². The van der Waals surface area contributed by atoms with Crippen LogP contribution in [-0.4, -0.2) is 22.3 Å². The predicted molar refractivity (Wildman–Crippen MR) is 51.6 cm³/mol. The zero-order chi connectivity index (χ0) is 7.56. The third-order valence-corrected chi connectivity index (χ3v) is 2.47. The first-order valence-electron chi connectivity index (χ1n) is 3.68. The largest absolute Gasteiger partial charge is 0.357 e. The van der Waals surface area contributed by atoms with Crippen molar-refractivity contribution in [2.45, 2.75) is 19.8 Å². The van der Waals surface area contributed by atoms with Gasteiger partial charge in [-0.05, 0) is 18.8 Å². The normalized spacial score (nSPS) is 26.6. The van der Waals surface area contributed by atoms with Crippen molar-refractivity contribution >= 4 is 29.2 Å². The van der Waals surface area contributed by atoms with Crippen molar-refractivity contribution in [1.29, 1.82) is 0 Å².